The number of likely N-dealkylation sites (N-methyl/N-ethyl adjacent to an activating group) is 1. The Kier molecular flexibility index (Phi) is 6.07. The molecule has 2 amide bonds. The summed E-state index contributed by atoms with van der Waals surface area (Å²) in [7, 11) is -2.27. The molecule has 0 saturated carbocycles. The normalized spacial score (nSPS) is 11.0. The topological polar surface area (TPSA) is 95.6 Å². The minimum Gasteiger partial charge on any atom is -0.335 e. The molecule has 1 heterocycles. The van der Waals surface area contributed by atoms with Crippen molar-refractivity contribution in [3.8, 4) is 0 Å². The number of hydrogen-bond acceptors (Lipinski definition) is 5. The predicted octanol–water partition coefficient (Wildman–Crippen LogP) is 1.12. The zero-order valence-corrected chi connectivity index (χ0v) is 14.6. The quantitative estimate of drug-likeness (QED) is 0.767. The maximum absolute atomic E-state index is 12.0. The highest BCUT2D eigenvalue weighted by atomic mass is 32.2. The second-order valence-corrected chi connectivity index (χ2v) is 7.86. The number of carbonyl (C=O) groups is 2. The van der Waals surface area contributed by atoms with Crippen molar-refractivity contribution >= 4 is 38.9 Å². The van der Waals surface area contributed by atoms with Gasteiger partial charge in [0.1, 0.15) is 4.21 Å². The van der Waals surface area contributed by atoms with E-state index in [4.69, 9.17) is 0 Å². The SMILES string of the molecule is CN(CC(=O)Nc1ccccc1)C(=O)CNS(=O)(=O)c1cccs1. The van der Waals surface area contributed by atoms with Crippen LogP contribution in [0.3, 0.4) is 0 Å². The number of benzene rings is 1. The zero-order chi connectivity index (χ0) is 17.6. The van der Waals surface area contributed by atoms with Crippen LogP contribution in [-0.2, 0) is 19.6 Å². The van der Waals surface area contributed by atoms with Crippen LogP contribution in [0.4, 0.5) is 5.69 Å². The molecule has 0 fully saturated rings. The van der Waals surface area contributed by atoms with Crippen LogP contribution in [0.25, 0.3) is 0 Å². The van der Waals surface area contributed by atoms with Crippen molar-refractivity contribution in [3.63, 3.8) is 0 Å². The molecule has 0 saturated heterocycles. The average molecular weight is 367 g/mol. The smallest absolute Gasteiger partial charge is 0.250 e. The van der Waals surface area contributed by atoms with Crippen LogP contribution in [0.5, 0.6) is 0 Å². The van der Waals surface area contributed by atoms with Crippen molar-refractivity contribution in [2.24, 2.45) is 0 Å². The molecule has 7 nitrogen and oxygen atoms in total. The summed E-state index contributed by atoms with van der Waals surface area (Å²) in [5.41, 5.74) is 0.627. The van der Waals surface area contributed by atoms with Crippen LogP contribution in [0, 0.1) is 0 Å². The number of para-hydroxylation sites is 1. The number of amides is 2. The molecule has 0 radical (unpaired) electrons. The van der Waals surface area contributed by atoms with E-state index < -0.39 is 22.5 Å². The summed E-state index contributed by atoms with van der Waals surface area (Å²) in [5.74, 6) is -0.864. The maximum atomic E-state index is 12.0. The molecule has 0 atom stereocenters. The lowest BCUT2D eigenvalue weighted by atomic mass is 10.3. The third-order valence-electron chi connectivity index (χ3n) is 3.04. The third-order valence-corrected chi connectivity index (χ3v) is 5.84. The summed E-state index contributed by atoms with van der Waals surface area (Å²) in [6.07, 6.45) is 0. The minimum absolute atomic E-state index is 0.139. The fourth-order valence-corrected chi connectivity index (χ4v) is 3.82. The molecule has 1 aromatic carbocycles. The number of hydrogen-bond donors (Lipinski definition) is 2. The summed E-state index contributed by atoms with van der Waals surface area (Å²) >= 11 is 1.06. The van der Waals surface area contributed by atoms with Crippen molar-refractivity contribution in [1.29, 1.82) is 0 Å². The standard InChI is InChI=1S/C15H17N3O4S2/c1-18(11-13(19)17-12-6-3-2-4-7-12)14(20)10-16-24(21,22)15-8-5-9-23-15/h2-9,16H,10-11H2,1H3,(H,17,19). The number of rotatable bonds is 7. The molecule has 1 aromatic heterocycles. The van der Waals surface area contributed by atoms with Crippen molar-refractivity contribution in [2.75, 3.05) is 25.5 Å². The molecule has 0 aliphatic rings. The first-order chi connectivity index (χ1) is 11.4. The molecule has 9 heteroatoms. The summed E-state index contributed by atoms with van der Waals surface area (Å²) in [4.78, 5) is 25.0. The molecule has 2 rings (SSSR count). The molecule has 0 aliphatic heterocycles. The molecule has 0 spiro atoms. The van der Waals surface area contributed by atoms with Crippen molar-refractivity contribution in [3.05, 3.63) is 47.8 Å². The van der Waals surface area contributed by atoms with Gasteiger partial charge < -0.3 is 10.2 Å². The predicted molar refractivity (Wildman–Crippen MR) is 92.2 cm³/mol. The second-order valence-electron chi connectivity index (χ2n) is 4.92. The molecule has 128 valence electrons. The molecule has 0 aliphatic carbocycles. The third kappa shape index (κ3) is 5.15. The Hall–Kier alpha value is -2.23. The van der Waals surface area contributed by atoms with E-state index in [2.05, 4.69) is 10.0 Å². The van der Waals surface area contributed by atoms with E-state index in [1.54, 1.807) is 35.7 Å². The van der Waals surface area contributed by atoms with Gasteiger partial charge in [-0.2, -0.15) is 0 Å². The first-order valence-corrected chi connectivity index (χ1v) is 9.37. The lowest BCUT2D eigenvalue weighted by Gasteiger charge is -2.17. The first kappa shape index (κ1) is 18.1. The molecular formula is C15H17N3O4S2. The highest BCUT2D eigenvalue weighted by Gasteiger charge is 2.19. The van der Waals surface area contributed by atoms with Gasteiger partial charge in [0.05, 0.1) is 13.1 Å². The molecular weight excluding hydrogens is 350 g/mol. The van der Waals surface area contributed by atoms with Crippen LogP contribution >= 0.6 is 11.3 Å². The highest BCUT2D eigenvalue weighted by molar-refractivity contribution is 7.91. The Bertz CT molecular complexity index is 789. The van der Waals surface area contributed by atoms with Gasteiger partial charge in [0.2, 0.25) is 11.8 Å². The van der Waals surface area contributed by atoms with Gasteiger partial charge in [0.25, 0.3) is 10.0 Å². The van der Waals surface area contributed by atoms with Crippen LogP contribution in [-0.4, -0.2) is 45.3 Å². The number of anilines is 1. The fraction of sp³-hybridized carbons (Fsp3) is 0.200. The second kappa shape index (κ2) is 8.04. The van der Waals surface area contributed by atoms with Crippen LogP contribution in [0.15, 0.2) is 52.1 Å². The van der Waals surface area contributed by atoms with E-state index in [0.29, 0.717) is 5.69 Å². The van der Waals surface area contributed by atoms with E-state index in [-0.39, 0.29) is 16.7 Å². The molecule has 2 aromatic rings. The van der Waals surface area contributed by atoms with E-state index in [1.165, 1.54) is 13.1 Å². The Labute approximate surface area is 144 Å². The van der Waals surface area contributed by atoms with Gasteiger partial charge in [-0.3, -0.25) is 9.59 Å². The Morgan fingerprint density at radius 2 is 1.83 bits per heavy atom. The van der Waals surface area contributed by atoms with Crippen LogP contribution in [0.2, 0.25) is 0 Å². The van der Waals surface area contributed by atoms with Gasteiger partial charge in [-0.15, -0.1) is 11.3 Å². The molecule has 2 N–H and O–H groups in total. The van der Waals surface area contributed by atoms with Crippen molar-refractivity contribution in [2.45, 2.75) is 4.21 Å². The van der Waals surface area contributed by atoms with Gasteiger partial charge >= 0.3 is 0 Å². The lowest BCUT2D eigenvalue weighted by Crippen LogP contribution is -2.41. The van der Waals surface area contributed by atoms with E-state index in [0.717, 1.165) is 16.2 Å². The zero-order valence-electron chi connectivity index (χ0n) is 12.9. The van der Waals surface area contributed by atoms with Gasteiger partial charge in [0, 0.05) is 12.7 Å². The van der Waals surface area contributed by atoms with E-state index in [1.807, 2.05) is 6.07 Å². The summed E-state index contributed by atoms with van der Waals surface area (Å²) in [6, 6.07) is 11.9. The van der Waals surface area contributed by atoms with E-state index >= 15 is 0 Å². The molecule has 0 unspecified atom stereocenters. The summed E-state index contributed by atoms with van der Waals surface area (Å²) in [5, 5.41) is 4.29. The Morgan fingerprint density at radius 1 is 1.12 bits per heavy atom. The molecule has 0 bridgehead atoms. The number of nitrogens with one attached hydrogen (secondary N) is 2. The number of thiophene rings is 1. The van der Waals surface area contributed by atoms with Gasteiger partial charge in [0.15, 0.2) is 0 Å². The molecule has 24 heavy (non-hydrogen) atoms. The number of carbonyl (C=O) groups excluding carboxylic acids is 2. The van der Waals surface area contributed by atoms with Gasteiger partial charge in [-0.05, 0) is 23.6 Å². The lowest BCUT2D eigenvalue weighted by molar-refractivity contribution is -0.132. The summed E-state index contributed by atoms with van der Waals surface area (Å²) in [6.45, 7) is -0.580. The Balaban J connectivity index is 1.83. The monoisotopic (exact) mass is 367 g/mol. The van der Waals surface area contributed by atoms with Crippen LogP contribution in [0.1, 0.15) is 0 Å². The Morgan fingerprint density at radius 3 is 2.46 bits per heavy atom. The van der Waals surface area contributed by atoms with Crippen molar-refractivity contribution in [1.82, 2.24) is 9.62 Å². The average Bonchev–Trinajstić information content (AvgIpc) is 3.08. The van der Waals surface area contributed by atoms with Crippen molar-refractivity contribution < 1.29 is 18.0 Å². The number of nitrogens with zero attached hydrogens (tertiary/aromatic N) is 1. The highest BCUT2D eigenvalue weighted by Crippen LogP contribution is 2.14. The van der Waals surface area contributed by atoms with E-state index in [9.17, 15) is 18.0 Å². The maximum Gasteiger partial charge on any atom is 0.250 e. The van der Waals surface area contributed by atoms with Gasteiger partial charge in [-0.25, -0.2) is 13.1 Å². The summed E-state index contributed by atoms with van der Waals surface area (Å²) < 4.78 is 26.2. The fourth-order valence-electron chi connectivity index (χ4n) is 1.80. The van der Waals surface area contributed by atoms with Gasteiger partial charge in [-0.1, -0.05) is 24.3 Å². The minimum atomic E-state index is -3.70. The largest absolute Gasteiger partial charge is 0.335 e. The first-order valence-electron chi connectivity index (χ1n) is 7.00. The number of sulfonamides is 1. The van der Waals surface area contributed by atoms with Crippen LogP contribution < -0.4 is 10.0 Å².